The molecule has 3 radical (unpaired) electrons. The predicted molar refractivity (Wildman–Crippen MR) is 581 cm³/mol. The Morgan fingerprint density at radius 1 is 0.292 bits per heavy atom. The Kier molecular flexibility index (Phi) is 27.9. The van der Waals surface area contributed by atoms with Crippen LogP contribution in [0.5, 0.6) is 0 Å². The van der Waals surface area contributed by atoms with Crippen molar-refractivity contribution in [3.8, 4) is 11.3 Å². The molecule has 20 aromatic rings. The van der Waals surface area contributed by atoms with Gasteiger partial charge in [0.2, 0.25) is 0 Å². The SMILES string of the molecule is Brc1ccc2c3cnccc3n(C(c3ccccc3)(c3ccccc3)c3ccccc3)c2n1.CC1(C)OB(B2OC(C)(C)C(C)(C)O2)OC1(C)C.CC1(C)OB(c2ccc3c4cnccc4n(C(c4ccccc4)(c4ccccc4)c4ccccc4)c3n2)OC1(C)C.O=[N+]([O-])c1cccc(Br)c1.O=[N+]([O-])c1cncc(-c2ccc3c4cnccc4n(C(c4ccccc4)(c4ccccc4)c4ccccc4)c3n2)c1.[B]. The third-order valence-corrected chi connectivity index (χ3v) is 29.4. The van der Waals surface area contributed by atoms with Crippen LogP contribution in [0.15, 0.2) is 417 Å². The molecule has 0 N–H and O–H groups in total. The molecule has 0 bridgehead atoms. The number of fused-ring (bicyclic) bond motifs is 9. The fraction of sp³-hybridized carbons (Fsp3) is 0.181. The number of nitro benzene ring substituents is 1. The zero-order valence-corrected chi connectivity index (χ0v) is 84.9. The summed E-state index contributed by atoms with van der Waals surface area (Å²) in [5.41, 5.74) is 13.1. The molecule has 0 atom stereocenters. The Morgan fingerprint density at radius 3 is 0.889 bits per heavy atom. The summed E-state index contributed by atoms with van der Waals surface area (Å²) in [6.07, 6.45) is 14.1. The van der Waals surface area contributed by atoms with E-state index in [0.29, 0.717) is 11.3 Å². The summed E-state index contributed by atoms with van der Waals surface area (Å²) in [5, 5.41) is 27.8. The van der Waals surface area contributed by atoms with Gasteiger partial charge in [0.1, 0.15) is 44.4 Å². The van der Waals surface area contributed by atoms with E-state index in [1.54, 1.807) is 24.5 Å². The lowest BCUT2D eigenvalue weighted by Gasteiger charge is -2.38. The molecule has 713 valence electrons. The third-order valence-electron chi connectivity index (χ3n) is 28.5. The van der Waals surface area contributed by atoms with E-state index in [0.717, 1.165) is 114 Å². The van der Waals surface area contributed by atoms with Gasteiger partial charge in [-0.1, -0.05) is 295 Å². The minimum atomic E-state index is -0.808. The van der Waals surface area contributed by atoms with Gasteiger partial charge in [0.15, 0.2) is 0 Å². The van der Waals surface area contributed by atoms with Crippen LogP contribution in [0.25, 0.3) is 77.1 Å². The van der Waals surface area contributed by atoms with Crippen molar-refractivity contribution in [3.63, 3.8) is 0 Å². The molecule has 22 nitrogen and oxygen atoms in total. The molecule has 0 saturated carbocycles. The van der Waals surface area contributed by atoms with Crippen LogP contribution in [0.2, 0.25) is 0 Å². The summed E-state index contributed by atoms with van der Waals surface area (Å²) in [5.74, 6) is 0. The molecule has 28 heteroatoms. The fourth-order valence-corrected chi connectivity index (χ4v) is 20.2. The topological polar surface area (TPSA) is 247 Å². The van der Waals surface area contributed by atoms with Gasteiger partial charge in [-0.2, -0.15) is 0 Å². The van der Waals surface area contributed by atoms with Gasteiger partial charge in [-0.25, -0.2) is 15.0 Å². The van der Waals surface area contributed by atoms with Crippen molar-refractivity contribution < 1.29 is 37.8 Å². The number of nitro groups is 2. The highest BCUT2D eigenvalue weighted by Gasteiger charge is 2.64. The number of halogens is 2. The van der Waals surface area contributed by atoms with E-state index in [2.05, 4.69) is 372 Å². The molecule has 0 amide bonds. The molecule has 23 rings (SSSR count). The lowest BCUT2D eigenvalue weighted by molar-refractivity contribution is -0.385. The number of benzene rings is 10. The van der Waals surface area contributed by atoms with Gasteiger partial charge in [-0.3, -0.25) is 40.2 Å². The van der Waals surface area contributed by atoms with Crippen LogP contribution < -0.4 is 5.59 Å². The highest BCUT2D eigenvalue weighted by Crippen LogP contribution is 2.52. The fourth-order valence-electron chi connectivity index (χ4n) is 19.5. The van der Waals surface area contributed by atoms with Crippen molar-refractivity contribution in [1.82, 2.24) is 48.6 Å². The lowest BCUT2D eigenvalue weighted by atomic mass is 9.49. The van der Waals surface area contributed by atoms with Gasteiger partial charge in [0.25, 0.3) is 11.4 Å². The third kappa shape index (κ3) is 18.2. The second-order valence-electron chi connectivity index (χ2n) is 38.6. The van der Waals surface area contributed by atoms with Crippen LogP contribution in [-0.4, -0.2) is 122 Å². The van der Waals surface area contributed by atoms with Gasteiger partial charge in [-0.05, 0) is 210 Å². The summed E-state index contributed by atoms with van der Waals surface area (Å²) < 4.78 is 45.3. The quantitative estimate of drug-likeness (QED) is 0.0270. The van der Waals surface area contributed by atoms with Crippen molar-refractivity contribution in [2.45, 2.75) is 133 Å². The Hall–Kier alpha value is -14.6. The van der Waals surface area contributed by atoms with Crippen LogP contribution in [-0.2, 0) is 44.5 Å². The molecular weight excluding hydrogens is 1920 g/mol. The van der Waals surface area contributed by atoms with Gasteiger partial charge in [0, 0.05) is 112 Å². The Labute approximate surface area is 855 Å². The van der Waals surface area contributed by atoms with E-state index in [9.17, 15) is 20.2 Å². The average molecular weight is 2030 g/mol. The number of hydrogen-bond acceptors (Lipinski definition) is 17. The maximum Gasteiger partial charge on any atom is 0.514 e. The van der Waals surface area contributed by atoms with Gasteiger partial charge >= 0.3 is 21.1 Å². The summed E-state index contributed by atoms with van der Waals surface area (Å²) in [6.45, 7) is 24.5. The minimum Gasteiger partial charge on any atom is -0.405 e. The molecule has 3 fully saturated rings. The Morgan fingerprint density at radius 2 is 0.583 bits per heavy atom. The monoisotopic (exact) mass is 2030 g/mol. The first kappa shape index (κ1) is 99.6. The number of rotatable bonds is 17. The molecule has 10 aromatic heterocycles. The van der Waals surface area contributed by atoms with Gasteiger partial charge in [-0.15, -0.1) is 0 Å². The first-order valence-corrected chi connectivity index (χ1v) is 49.0. The molecular formula is C116H103B4Br2N12O10. The molecule has 144 heavy (non-hydrogen) atoms. The molecule has 3 aliphatic rings. The highest BCUT2D eigenvalue weighted by molar-refractivity contribution is 9.10. The van der Waals surface area contributed by atoms with Crippen molar-refractivity contribution in [1.29, 1.82) is 0 Å². The molecule has 0 aliphatic carbocycles. The van der Waals surface area contributed by atoms with Crippen LogP contribution in [0.4, 0.5) is 11.4 Å². The standard InChI is InChI=1S/C35H32BN3O2.C34H23N5O2.C29H20BrN3.C12H24B2O4.C6H4BrNO2.B/c1-33(2)34(3,4)41-36(40-33)31-21-20-28-29-24-37-23-22-30(29)39(32(28)38-31)35(25-14-8-5-9-15-25,26-16-10-6-11-17-26)27-18-12-7-13-19-27;40-39(41)28-20-24(21-36-22-28)31-17-16-29-30-23-35-19-18-32(30)38(33(29)37-31)34(25-10-4-1-5-11-25,26-12-6-2-7-13-26)27-14-8-3-9-15-27;30-27-17-16-24-25-20-31-19-18-26(25)33(28(24)32-27)29(21-10-4-1-5-11-21,22-12-6-2-7-13-22)23-14-8-3-9-15-23;1-9(2)10(3,4)16-13(15-9)14-17-11(5,6)12(7,8)18-14;7-5-2-1-3-6(4-5)8(9)10;/h5-24H,1-4H3;1-23H;1-20H;1-8H3;1-4H;. The maximum atomic E-state index is 11.5. The number of pyridine rings is 7. The number of aromatic nitrogens is 10. The highest BCUT2D eigenvalue weighted by atomic mass is 79.9. The van der Waals surface area contributed by atoms with Crippen molar-refractivity contribution in [3.05, 3.63) is 487 Å². The van der Waals surface area contributed by atoms with Crippen LogP contribution in [0.3, 0.4) is 0 Å². The maximum absolute atomic E-state index is 11.5. The van der Waals surface area contributed by atoms with Gasteiger partial charge < -0.3 is 41.6 Å². The Balaban J connectivity index is 0.000000125. The summed E-state index contributed by atoms with van der Waals surface area (Å²) >= 11 is 6.75. The first-order chi connectivity index (χ1) is 68.9. The predicted octanol–water partition coefficient (Wildman–Crippen LogP) is 25.5. The van der Waals surface area contributed by atoms with E-state index in [1.807, 2.05) is 135 Å². The van der Waals surface area contributed by atoms with E-state index in [1.165, 1.54) is 41.1 Å². The van der Waals surface area contributed by atoms with Crippen LogP contribution in [0.1, 0.15) is 133 Å². The summed E-state index contributed by atoms with van der Waals surface area (Å²) in [7, 11) is -1.53. The van der Waals surface area contributed by atoms with E-state index in [4.69, 9.17) is 42.9 Å². The van der Waals surface area contributed by atoms with E-state index < -0.39 is 58.8 Å². The number of nitrogens with zero attached hydrogens (tertiary/aromatic N) is 12. The van der Waals surface area contributed by atoms with Crippen molar-refractivity contribution in [2.75, 3.05) is 0 Å². The number of non-ortho nitro benzene ring substituents is 1. The zero-order chi connectivity index (χ0) is 99.9. The van der Waals surface area contributed by atoms with Crippen molar-refractivity contribution >= 4 is 144 Å². The average Bonchev–Trinajstić information content (AvgIpc) is 1.53. The largest absolute Gasteiger partial charge is 0.514 e. The van der Waals surface area contributed by atoms with Crippen LogP contribution >= 0.6 is 31.9 Å². The molecule has 3 aliphatic heterocycles. The molecule has 0 spiro atoms. The summed E-state index contributed by atoms with van der Waals surface area (Å²) in [4.78, 5) is 53.9. The smallest absolute Gasteiger partial charge is 0.405 e. The zero-order valence-electron chi connectivity index (χ0n) is 81.7. The number of hydrogen-bond donors (Lipinski definition) is 0. The molecule has 13 heterocycles. The van der Waals surface area contributed by atoms with E-state index >= 15 is 0 Å². The second kappa shape index (κ2) is 40.3. The van der Waals surface area contributed by atoms with Gasteiger partial charge in [0.05, 0.1) is 71.3 Å². The van der Waals surface area contributed by atoms with Crippen LogP contribution in [0, 0.1) is 20.2 Å². The molecule has 10 aromatic carbocycles. The molecule has 3 saturated heterocycles. The normalized spacial score (nSPS) is 15.3. The second-order valence-corrected chi connectivity index (χ2v) is 40.3. The first-order valence-electron chi connectivity index (χ1n) is 47.4. The minimum absolute atomic E-state index is 0. The summed E-state index contributed by atoms with van der Waals surface area (Å²) in [6, 6.07) is 122. The van der Waals surface area contributed by atoms with Crippen molar-refractivity contribution in [2.24, 2.45) is 0 Å². The molecule has 0 unspecified atom stereocenters. The Bertz CT molecular complexity index is 7640. The lowest BCUT2D eigenvalue weighted by Crippen LogP contribution is -2.41. The van der Waals surface area contributed by atoms with E-state index in [-0.39, 0.29) is 42.2 Å².